The minimum Gasteiger partial charge on any atom is -0.391 e. The first-order valence-electron chi connectivity index (χ1n) is 8.64. The van der Waals surface area contributed by atoms with Gasteiger partial charge in [-0.3, -0.25) is 14.4 Å². The van der Waals surface area contributed by atoms with E-state index in [1.165, 1.54) is 32.2 Å². The zero-order valence-corrected chi connectivity index (χ0v) is 15.6. The topological polar surface area (TPSA) is 149 Å². The number of nitrogens with one attached hydrogen (secondary N) is 5. The Bertz CT molecular complexity index is 617. The molecule has 0 fully saturated rings. The molecule has 10 nitrogen and oxygen atoms in total. The summed E-state index contributed by atoms with van der Waals surface area (Å²) in [6, 6.07) is -3.31. The SMILES string of the molecule is CNC(=O)NC(C(=O)NC1C=CCCNC(=O)C=CC(C)NC1=O)C(C)O. The number of amides is 5. The van der Waals surface area contributed by atoms with Crippen LogP contribution in [0.1, 0.15) is 20.3 Å². The Morgan fingerprint density at radius 2 is 2.00 bits per heavy atom. The van der Waals surface area contributed by atoms with Gasteiger partial charge in [0.25, 0.3) is 0 Å². The summed E-state index contributed by atoms with van der Waals surface area (Å²) in [6.07, 6.45) is 5.31. The maximum atomic E-state index is 12.5. The lowest BCUT2D eigenvalue weighted by molar-refractivity contribution is -0.130. The second-order valence-electron chi connectivity index (χ2n) is 6.09. The van der Waals surface area contributed by atoms with Crippen LogP contribution in [0.15, 0.2) is 24.3 Å². The van der Waals surface area contributed by atoms with Gasteiger partial charge < -0.3 is 31.7 Å². The summed E-state index contributed by atoms with van der Waals surface area (Å²) in [7, 11) is 1.38. The molecule has 4 unspecified atom stereocenters. The van der Waals surface area contributed by atoms with E-state index in [0.29, 0.717) is 13.0 Å². The zero-order chi connectivity index (χ0) is 20.4. The average Bonchev–Trinajstić information content (AvgIpc) is 2.61. The summed E-state index contributed by atoms with van der Waals surface area (Å²) in [5.41, 5.74) is 0. The minimum atomic E-state index is -1.23. The van der Waals surface area contributed by atoms with E-state index in [9.17, 15) is 24.3 Å². The van der Waals surface area contributed by atoms with E-state index in [1.807, 2.05) is 0 Å². The largest absolute Gasteiger partial charge is 0.391 e. The fraction of sp³-hybridized carbons (Fsp3) is 0.529. The Morgan fingerprint density at radius 1 is 1.30 bits per heavy atom. The third kappa shape index (κ3) is 7.90. The van der Waals surface area contributed by atoms with Crippen molar-refractivity contribution in [3.05, 3.63) is 24.3 Å². The molecule has 0 radical (unpaired) electrons. The summed E-state index contributed by atoms with van der Waals surface area (Å²) in [4.78, 5) is 47.9. The molecule has 4 atom stereocenters. The normalized spacial score (nSPS) is 23.0. The molecule has 10 heteroatoms. The van der Waals surface area contributed by atoms with E-state index in [0.717, 1.165) is 0 Å². The van der Waals surface area contributed by atoms with E-state index in [4.69, 9.17) is 0 Å². The van der Waals surface area contributed by atoms with Crippen molar-refractivity contribution in [2.24, 2.45) is 0 Å². The third-order valence-corrected chi connectivity index (χ3v) is 3.70. The number of aliphatic hydroxyl groups is 1. The highest BCUT2D eigenvalue weighted by Gasteiger charge is 2.28. The van der Waals surface area contributed by atoms with Crippen LogP contribution in [0.3, 0.4) is 0 Å². The van der Waals surface area contributed by atoms with Crippen LogP contribution in [0.5, 0.6) is 0 Å². The third-order valence-electron chi connectivity index (χ3n) is 3.70. The molecule has 1 heterocycles. The van der Waals surface area contributed by atoms with Crippen LogP contribution >= 0.6 is 0 Å². The van der Waals surface area contributed by atoms with Gasteiger partial charge in [-0.1, -0.05) is 18.2 Å². The molecule has 0 aromatic heterocycles. The molecule has 0 aromatic carbocycles. The minimum absolute atomic E-state index is 0.255. The number of hydrogen-bond acceptors (Lipinski definition) is 5. The van der Waals surface area contributed by atoms with Gasteiger partial charge in [0.05, 0.1) is 6.10 Å². The van der Waals surface area contributed by atoms with Crippen molar-refractivity contribution < 1.29 is 24.3 Å². The van der Waals surface area contributed by atoms with Crippen LogP contribution in [0.25, 0.3) is 0 Å². The molecule has 1 aliphatic heterocycles. The first kappa shape index (κ1) is 22.2. The molecule has 0 bridgehead atoms. The monoisotopic (exact) mass is 381 g/mol. The summed E-state index contributed by atoms with van der Waals surface area (Å²) < 4.78 is 0. The number of rotatable bonds is 4. The van der Waals surface area contributed by atoms with E-state index in [-0.39, 0.29) is 5.91 Å². The van der Waals surface area contributed by atoms with Crippen molar-refractivity contribution in [2.45, 2.75) is 44.5 Å². The van der Waals surface area contributed by atoms with Gasteiger partial charge in [-0.2, -0.15) is 0 Å². The molecule has 0 saturated heterocycles. The summed E-state index contributed by atoms with van der Waals surface area (Å²) in [6.45, 7) is 3.42. The molecule has 0 aliphatic carbocycles. The molecule has 0 aromatic rings. The van der Waals surface area contributed by atoms with Crippen LogP contribution in [-0.2, 0) is 14.4 Å². The highest BCUT2D eigenvalue weighted by atomic mass is 16.3. The van der Waals surface area contributed by atoms with Crippen LogP contribution in [0, 0.1) is 0 Å². The summed E-state index contributed by atoms with van der Waals surface area (Å²) >= 11 is 0. The lowest BCUT2D eigenvalue weighted by Crippen LogP contribution is -2.58. The molecule has 27 heavy (non-hydrogen) atoms. The molecular formula is C17H27N5O5. The van der Waals surface area contributed by atoms with E-state index >= 15 is 0 Å². The lowest BCUT2D eigenvalue weighted by atomic mass is 10.1. The van der Waals surface area contributed by atoms with E-state index in [1.54, 1.807) is 13.0 Å². The maximum absolute atomic E-state index is 12.5. The van der Waals surface area contributed by atoms with Crippen molar-refractivity contribution in [1.82, 2.24) is 26.6 Å². The van der Waals surface area contributed by atoms with Crippen molar-refractivity contribution in [3.8, 4) is 0 Å². The van der Waals surface area contributed by atoms with Gasteiger partial charge in [0.15, 0.2) is 0 Å². The highest BCUT2D eigenvalue weighted by Crippen LogP contribution is 1.99. The van der Waals surface area contributed by atoms with Gasteiger partial charge >= 0.3 is 6.03 Å². The van der Waals surface area contributed by atoms with Crippen molar-refractivity contribution in [3.63, 3.8) is 0 Å². The molecule has 0 spiro atoms. The Labute approximate surface area is 157 Å². The molecule has 150 valence electrons. The van der Waals surface area contributed by atoms with Crippen molar-refractivity contribution >= 4 is 23.8 Å². The number of carbonyl (C=O) groups is 4. The number of hydrogen-bond donors (Lipinski definition) is 6. The molecule has 0 saturated carbocycles. The predicted molar refractivity (Wildman–Crippen MR) is 98.5 cm³/mol. The molecule has 1 aliphatic rings. The van der Waals surface area contributed by atoms with Gasteiger partial charge in [0.2, 0.25) is 17.7 Å². The average molecular weight is 381 g/mol. The molecule has 5 amide bonds. The summed E-state index contributed by atoms with van der Waals surface area (Å²) in [5.74, 6) is -1.45. The molecule has 1 rings (SSSR count). The standard InChI is InChI=1S/C17H27N5O5/c1-10-7-8-13(24)19-9-5-4-6-12(15(25)20-10)21-16(26)14(11(2)23)22-17(27)18-3/h4,6-8,10-12,14,23H,5,9H2,1-3H3,(H,19,24)(H,20,25)(H,21,26)(H2,18,22,27). The Hall–Kier alpha value is -2.88. The Kier molecular flexibility index (Phi) is 9.00. The van der Waals surface area contributed by atoms with Gasteiger partial charge in [0, 0.05) is 25.7 Å². The predicted octanol–water partition coefficient (Wildman–Crippen LogP) is -1.71. The van der Waals surface area contributed by atoms with Gasteiger partial charge in [-0.05, 0) is 20.3 Å². The fourth-order valence-electron chi connectivity index (χ4n) is 2.23. The first-order chi connectivity index (χ1) is 12.7. The second kappa shape index (κ2) is 11.0. The van der Waals surface area contributed by atoms with Crippen LogP contribution in [0.2, 0.25) is 0 Å². The summed E-state index contributed by atoms with van der Waals surface area (Å²) in [5, 5.41) is 22.2. The highest BCUT2D eigenvalue weighted by molar-refractivity contribution is 5.93. The maximum Gasteiger partial charge on any atom is 0.315 e. The van der Waals surface area contributed by atoms with Crippen LogP contribution in [0.4, 0.5) is 4.79 Å². The fourth-order valence-corrected chi connectivity index (χ4v) is 2.23. The van der Waals surface area contributed by atoms with Crippen molar-refractivity contribution in [1.29, 1.82) is 0 Å². The zero-order valence-electron chi connectivity index (χ0n) is 15.6. The molecular weight excluding hydrogens is 354 g/mol. The smallest absolute Gasteiger partial charge is 0.315 e. The quantitative estimate of drug-likeness (QED) is 0.321. The van der Waals surface area contributed by atoms with Gasteiger partial charge in [-0.15, -0.1) is 0 Å². The first-order valence-corrected chi connectivity index (χ1v) is 8.64. The van der Waals surface area contributed by atoms with Crippen LogP contribution in [-0.4, -0.2) is 66.7 Å². The Balaban J connectivity index is 2.90. The Morgan fingerprint density at radius 3 is 2.63 bits per heavy atom. The van der Waals surface area contributed by atoms with Crippen molar-refractivity contribution in [2.75, 3.05) is 13.6 Å². The van der Waals surface area contributed by atoms with E-state index < -0.39 is 42.1 Å². The van der Waals surface area contributed by atoms with Gasteiger partial charge in [0.1, 0.15) is 12.1 Å². The van der Waals surface area contributed by atoms with Crippen LogP contribution < -0.4 is 26.6 Å². The van der Waals surface area contributed by atoms with E-state index in [2.05, 4.69) is 26.6 Å². The number of urea groups is 1. The number of carbonyl (C=O) groups excluding carboxylic acids is 4. The van der Waals surface area contributed by atoms with Gasteiger partial charge in [-0.25, -0.2) is 4.79 Å². The lowest BCUT2D eigenvalue weighted by Gasteiger charge is -2.24. The number of aliphatic hydroxyl groups excluding tert-OH is 1. The second-order valence-corrected chi connectivity index (χ2v) is 6.09. The molecule has 6 N–H and O–H groups in total.